The Kier molecular flexibility index (Phi) is 4.68. The lowest BCUT2D eigenvalue weighted by molar-refractivity contribution is 0.576. The van der Waals surface area contributed by atoms with Crippen LogP contribution in [0.2, 0.25) is 0 Å². The molecule has 4 nitrogen and oxygen atoms in total. The lowest BCUT2D eigenvalue weighted by atomic mass is 10.3. The molecule has 112 valence electrons. The molecule has 2 rings (SSSR count). The first-order valence-corrected chi connectivity index (χ1v) is 8.93. The molecule has 1 aromatic heterocycles. The summed E-state index contributed by atoms with van der Waals surface area (Å²) in [6, 6.07) is 9.58. The van der Waals surface area contributed by atoms with Crippen molar-refractivity contribution in [2.45, 2.75) is 30.5 Å². The second-order valence-corrected chi connectivity index (χ2v) is 7.99. The van der Waals surface area contributed by atoms with Gasteiger partial charge in [-0.2, -0.15) is 0 Å². The van der Waals surface area contributed by atoms with Crippen molar-refractivity contribution in [2.24, 2.45) is 0 Å². The Morgan fingerprint density at radius 3 is 2.29 bits per heavy atom. The van der Waals surface area contributed by atoms with Crippen LogP contribution in [0, 0.1) is 0 Å². The Labute approximate surface area is 132 Å². The molecule has 0 aliphatic rings. The molecule has 1 heterocycles. The summed E-state index contributed by atoms with van der Waals surface area (Å²) in [7, 11) is -3.45. The molecule has 0 saturated carbocycles. The number of hydrogen-bond acceptors (Lipinski definition) is 3. The smallest absolute Gasteiger partial charge is 0.251 e. The molecular weight excluding hydrogens is 354 g/mol. The second kappa shape index (κ2) is 6.15. The third-order valence-electron chi connectivity index (χ3n) is 3.10. The van der Waals surface area contributed by atoms with E-state index in [1.54, 1.807) is 41.1 Å². The molecule has 0 spiro atoms. The second-order valence-electron chi connectivity index (χ2n) is 5.09. The maximum absolute atomic E-state index is 12.3. The zero-order valence-electron chi connectivity index (χ0n) is 11.8. The Morgan fingerprint density at radius 1 is 1.14 bits per heavy atom. The average molecular weight is 370 g/mol. The largest absolute Gasteiger partial charge is 0.313 e. The molecule has 0 amide bonds. The molecule has 0 fully saturated rings. The first-order chi connectivity index (χ1) is 9.79. The van der Waals surface area contributed by atoms with E-state index >= 15 is 0 Å². The Balaban J connectivity index is 2.31. The Bertz CT molecular complexity index is 792. The highest BCUT2D eigenvalue weighted by Crippen LogP contribution is 2.18. The average Bonchev–Trinajstić information content (AvgIpc) is 2.38. The van der Waals surface area contributed by atoms with Crippen molar-refractivity contribution >= 4 is 25.8 Å². The summed E-state index contributed by atoms with van der Waals surface area (Å²) in [5, 5.41) is 0. The van der Waals surface area contributed by atoms with Gasteiger partial charge in [-0.15, -0.1) is 0 Å². The van der Waals surface area contributed by atoms with Gasteiger partial charge in [0.15, 0.2) is 9.84 Å². The van der Waals surface area contributed by atoms with E-state index in [2.05, 4.69) is 15.9 Å². The summed E-state index contributed by atoms with van der Waals surface area (Å²) < 4.78 is 27.0. The molecule has 6 heteroatoms. The van der Waals surface area contributed by atoms with Crippen molar-refractivity contribution in [1.82, 2.24) is 4.57 Å². The van der Waals surface area contributed by atoms with Crippen LogP contribution in [0.4, 0.5) is 0 Å². The third-order valence-corrected chi connectivity index (χ3v) is 5.33. The van der Waals surface area contributed by atoms with E-state index in [0.717, 1.165) is 4.47 Å². The van der Waals surface area contributed by atoms with Gasteiger partial charge in [-0.1, -0.05) is 15.9 Å². The predicted molar refractivity (Wildman–Crippen MR) is 86.1 cm³/mol. The molecule has 0 bridgehead atoms. The number of aromatic nitrogens is 1. The van der Waals surface area contributed by atoms with Gasteiger partial charge in [0.05, 0.1) is 10.6 Å². The minimum atomic E-state index is -3.45. The van der Waals surface area contributed by atoms with E-state index in [-0.39, 0.29) is 22.2 Å². The van der Waals surface area contributed by atoms with Crippen LogP contribution in [0.25, 0.3) is 0 Å². The number of sulfone groups is 1. The fraction of sp³-hybridized carbons (Fsp3) is 0.267. The van der Waals surface area contributed by atoms with E-state index in [9.17, 15) is 13.2 Å². The normalized spacial score (nSPS) is 11.8. The van der Waals surface area contributed by atoms with Gasteiger partial charge in [0, 0.05) is 22.8 Å². The zero-order chi connectivity index (χ0) is 15.6. The predicted octanol–water partition coefficient (Wildman–Crippen LogP) is 3.17. The van der Waals surface area contributed by atoms with Crippen LogP contribution in [0.3, 0.4) is 0 Å². The first-order valence-electron chi connectivity index (χ1n) is 6.49. The van der Waals surface area contributed by atoms with Crippen molar-refractivity contribution in [1.29, 1.82) is 0 Å². The van der Waals surface area contributed by atoms with E-state index in [1.165, 1.54) is 6.07 Å². The van der Waals surface area contributed by atoms with Gasteiger partial charge in [-0.3, -0.25) is 4.79 Å². The minimum Gasteiger partial charge on any atom is -0.313 e. The molecule has 0 saturated heterocycles. The van der Waals surface area contributed by atoms with Gasteiger partial charge < -0.3 is 4.57 Å². The molecule has 0 aliphatic heterocycles. The third kappa shape index (κ3) is 3.83. The fourth-order valence-electron chi connectivity index (χ4n) is 1.99. The zero-order valence-corrected chi connectivity index (χ0v) is 14.2. The number of pyridine rings is 1. The number of benzene rings is 1. The number of halogens is 1. The van der Waals surface area contributed by atoms with Crippen LogP contribution in [-0.2, 0) is 15.6 Å². The van der Waals surface area contributed by atoms with Crippen LogP contribution >= 0.6 is 15.9 Å². The molecule has 0 aliphatic carbocycles. The minimum absolute atomic E-state index is 0.0506. The van der Waals surface area contributed by atoms with Crippen LogP contribution < -0.4 is 5.56 Å². The molecule has 0 atom stereocenters. The maximum atomic E-state index is 12.3. The van der Waals surface area contributed by atoms with E-state index in [1.807, 2.05) is 13.8 Å². The van der Waals surface area contributed by atoms with E-state index in [0.29, 0.717) is 5.56 Å². The summed E-state index contributed by atoms with van der Waals surface area (Å²) in [5.41, 5.74) is 0.313. The van der Waals surface area contributed by atoms with Crippen molar-refractivity contribution in [3.63, 3.8) is 0 Å². The highest BCUT2D eigenvalue weighted by atomic mass is 79.9. The van der Waals surface area contributed by atoms with Crippen LogP contribution in [-0.4, -0.2) is 13.0 Å². The Hall–Kier alpha value is -1.40. The monoisotopic (exact) mass is 369 g/mol. The lowest BCUT2D eigenvalue weighted by Gasteiger charge is -2.10. The number of nitrogens with zero attached hydrogens (tertiary/aromatic N) is 1. The summed E-state index contributed by atoms with van der Waals surface area (Å²) in [6.45, 7) is 3.80. The van der Waals surface area contributed by atoms with Gasteiger partial charge >= 0.3 is 0 Å². The summed E-state index contributed by atoms with van der Waals surface area (Å²) >= 11 is 3.27. The van der Waals surface area contributed by atoms with Gasteiger partial charge in [0.1, 0.15) is 0 Å². The van der Waals surface area contributed by atoms with E-state index in [4.69, 9.17) is 0 Å². The van der Waals surface area contributed by atoms with Gasteiger partial charge in [-0.05, 0) is 49.7 Å². The molecule has 1 aromatic carbocycles. The fourth-order valence-corrected chi connectivity index (χ4v) is 3.59. The van der Waals surface area contributed by atoms with Gasteiger partial charge in [-0.25, -0.2) is 8.42 Å². The lowest BCUT2D eigenvalue weighted by Crippen LogP contribution is -2.21. The van der Waals surface area contributed by atoms with Crippen molar-refractivity contribution in [2.75, 3.05) is 0 Å². The van der Waals surface area contributed by atoms with Gasteiger partial charge in [0.2, 0.25) is 0 Å². The van der Waals surface area contributed by atoms with Crippen molar-refractivity contribution < 1.29 is 8.42 Å². The maximum Gasteiger partial charge on any atom is 0.251 e. The number of hydrogen-bond donors (Lipinski definition) is 0. The van der Waals surface area contributed by atoms with Crippen molar-refractivity contribution in [3.05, 3.63) is 63.0 Å². The Morgan fingerprint density at radius 2 is 1.76 bits per heavy atom. The molecule has 0 N–H and O–H groups in total. The van der Waals surface area contributed by atoms with Crippen LogP contribution in [0.15, 0.2) is 56.8 Å². The van der Waals surface area contributed by atoms with Gasteiger partial charge in [0.25, 0.3) is 5.56 Å². The summed E-state index contributed by atoms with van der Waals surface area (Å²) in [5.74, 6) is -0.178. The van der Waals surface area contributed by atoms with Crippen LogP contribution in [0.1, 0.15) is 25.5 Å². The topological polar surface area (TPSA) is 56.1 Å². The highest BCUT2D eigenvalue weighted by Gasteiger charge is 2.16. The molecular formula is C15H16BrNO3S. The molecule has 2 aromatic rings. The molecule has 0 radical (unpaired) electrons. The van der Waals surface area contributed by atoms with Crippen molar-refractivity contribution in [3.8, 4) is 0 Å². The molecule has 0 unspecified atom stereocenters. The highest BCUT2D eigenvalue weighted by molar-refractivity contribution is 9.10. The summed E-state index contributed by atoms with van der Waals surface area (Å²) in [4.78, 5) is 12.2. The standard InChI is InChI=1S/C15H16BrNO3S/c1-11(2)17-8-7-12(9-15(17)18)10-21(19,20)14-5-3-13(16)4-6-14/h3-9,11H,10H2,1-2H3. The summed E-state index contributed by atoms with van der Waals surface area (Å²) in [6.07, 6.45) is 1.64. The molecule has 21 heavy (non-hydrogen) atoms. The SMILES string of the molecule is CC(C)n1ccc(CS(=O)(=O)c2ccc(Br)cc2)cc1=O. The number of rotatable bonds is 4. The van der Waals surface area contributed by atoms with E-state index < -0.39 is 9.84 Å². The quantitative estimate of drug-likeness (QED) is 0.831. The first kappa shape index (κ1) is 16.0. The van der Waals surface area contributed by atoms with Crippen LogP contribution in [0.5, 0.6) is 0 Å².